The van der Waals surface area contributed by atoms with Crippen molar-refractivity contribution in [3.63, 3.8) is 0 Å². The largest absolute Gasteiger partial charge is 0.467 e. The predicted octanol–water partition coefficient (Wildman–Crippen LogP) is 0.489. The number of esters is 1. The topological polar surface area (TPSA) is 94.3 Å². The average molecular weight is 297 g/mol. The lowest BCUT2D eigenvalue weighted by molar-refractivity contribution is -0.144. The molecule has 0 saturated carbocycles. The Morgan fingerprint density at radius 3 is 2.80 bits per heavy atom. The van der Waals surface area contributed by atoms with Gasteiger partial charge in [-0.05, 0) is 18.6 Å². The van der Waals surface area contributed by atoms with Crippen LogP contribution in [0.4, 0.5) is 0 Å². The van der Waals surface area contributed by atoms with Gasteiger partial charge in [0, 0.05) is 24.9 Å². The van der Waals surface area contributed by atoms with E-state index < -0.39 is 12.0 Å². The van der Waals surface area contributed by atoms with Crippen molar-refractivity contribution in [2.45, 2.75) is 24.4 Å². The van der Waals surface area contributed by atoms with Crippen molar-refractivity contribution in [2.24, 2.45) is 5.73 Å². The van der Waals surface area contributed by atoms with E-state index in [2.05, 4.69) is 15.0 Å². The predicted molar refractivity (Wildman–Crippen MR) is 77.3 cm³/mol. The minimum absolute atomic E-state index is 0.181. The molecule has 0 aliphatic heterocycles. The Morgan fingerprint density at radius 2 is 2.25 bits per heavy atom. The van der Waals surface area contributed by atoms with Crippen LogP contribution in [0.15, 0.2) is 23.4 Å². The zero-order valence-corrected chi connectivity index (χ0v) is 12.4. The summed E-state index contributed by atoms with van der Waals surface area (Å²) in [4.78, 5) is 27.4. The van der Waals surface area contributed by atoms with Gasteiger partial charge in [-0.15, -0.1) is 11.8 Å². The number of amides is 1. The lowest BCUT2D eigenvalue weighted by atomic mass is 10.3. The third-order valence-electron chi connectivity index (χ3n) is 2.47. The van der Waals surface area contributed by atoms with E-state index in [0.717, 1.165) is 10.6 Å². The molecule has 6 nitrogen and oxygen atoms in total. The van der Waals surface area contributed by atoms with Crippen LogP contribution in [0.25, 0.3) is 0 Å². The second-order valence-corrected chi connectivity index (χ2v) is 5.21. The van der Waals surface area contributed by atoms with Gasteiger partial charge in [0.2, 0.25) is 5.91 Å². The highest BCUT2D eigenvalue weighted by Crippen LogP contribution is 2.16. The molecule has 0 saturated heterocycles. The molecule has 0 fully saturated rings. The Bertz CT molecular complexity index is 451. The summed E-state index contributed by atoms with van der Waals surface area (Å²) in [6.45, 7) is 2.19. The van der Waals surface area contributed by atoms with Crippen LogP contribution in [0, 0.1) is 6.92 Å². The zero-order valence-electron chi connectivity index (χ0n) is 11.6. The number of nitrogens with one attached hydrogen (secondary N) is 1. The molecule has 110 valence electrons. The van der Waals surface area contributed by atoms with Crippen molar-refractivity contribution in [1.82, 2.24) is 10.3 Å². The first-order chi connectivity index (χ1) is 9.56. The number of hydrogen-bond acceptors (Lipinski definition) is 6. The lowest BCUT2D eigenvalue weighted by Gasteiger charge is -2.15. The van der Waals surface area contributed by atoms with Gasteiger partial charge in [-0.3, -0.25) is 4.79 Å². The van der Waals surface area contributed by atoms with Gasteiger partial charge in [0.1, 0.15) is 6.04 Å². The van der Waals surface area contributed by atoms with E-state index in [1.165, 1.54) is 18.9 Å². The highest BCUT2D eigenvalue weighted by Gasteiger charge is 2.21. The fraction of sp³-hybridized carbons (Fsp3) is 0.462. The highest BCUT2D eigenvalue weighted by atomic mass is 32.2. The number of nitrogens with two attached hydrogens (primary N) is 1. The van der Waals surface area contributed by atoms with Crippen molar-refractivity contribution in [3.05, 3.63) is 23.9 Å². The molecule has 0 unspecified atom stereocenters. The van der Waals surface area contributed by atoms with Crippen LogP contribution in [-0.2, 0) is 14.3 Å². The molecule has 20 heavy (non-hydrogen) atoms. The number of pyridine rings is 1. The number of methoxy groups -OCH3 is 1. The van der Waals surface area contributed by atoms with Gasteiger partial charge in [-0.2, -0.15) is 0 Å². The first-order valence-electron chi connectivity index (χ1n) is 6.19. The summed E-state index contributed by atoms with van der Waals surface area (Å²) in [5, 5.41) is 3.40. The Balaban J connectivity index is 2.58. The maximum Gasteiger partial charge on any atom is 0.329 e. The van der Waals surface area contributed by atoms with Gasteiger partial charge in [0.15, 0.2) is 0 Å². The van der Waals surface area contributed by atoms with Crippen LogP contribution in [-0.4, -0.2) is 42.3 Å². The van der Waals surface area contributed by atoms with Crippen molar-refractivity contribution in [1.29, 1.82) is 0 Å². The average Bonchev–Trinajstić information content (AvgIpc) is 2.44. The van der Waals surface area contributed by atoms with Crippen molar-refractivity contribution in [3.8, 4) is 0 Å². The Kier molecular flexibility index (Phi) is 7.03. The number of carbonyl (C=O) groups is 2. The van der Waals surface area contributed by atoms with Gasteiger partial charge in [-0.25, -0.2) is 9.78 Å². The van der Waals surface area contributed by atoms with Gasteiger partial charge < -0.3 is 15.8 Å². The minimum atomic E-state index is -0.702. The molecule has 1 amide bonds. The number of aryl methyl sites for hydroxylation is 1. The number of ether oxygens (including phenoxy) is 1. The maximum atomic E-state index is 11.6. The normalized spacial score (nSPS) is 11.8. The Labute approximate surface area is 122 Å². The number of hydrogen-bond donors (Lipinski definition) is 2. The molecule has 0 spiro atoms. The second-order valence-electron chi connectivity index (χ2n) is 4.17. The van der Waals surface area contributed by atoms with Gasteiger partial charge in [-0.1, -0.05) is 6.07 Å². The summed E-state index contributed by atoms with van der Waals surface area (Å²) in [6.07, 6.45) is 1.93. The molecule has 0 bridgehead atoms. The molecule has 0 aliphatic rings. The summed E-state index contributed by atoms with van der Waals surface area (Å²) < 4.78 is 4.68. The van der Waals surface area contributed by atoms with E-state index in [4.69, 9.17) is 5.73 Å². The molecule has 1 rings (SSSR count). The van der Waals surface area contributed by atoms with Crippen LogP contribution >= 0.6 is 11.8 Å². The summed E-state index contributed by atoms with van der Waals surface area (Å²) in [5.41, 5.74) is 6.37. The maximum absolute atomic E-state index is 11.6. The summed E-state index contributed by atoms with van der Waals surface area (Å²) >= 11 is 1.38. The van der Waals surface area contributed by atoms with Crippen molar-refractivity contribution < 1.29 is 14.3 Å². The standard InChI is InChI=1S/C13H19N3O3S/c1-9-3-4-12(15-7-9)20-8-10(13(18)19-2)16-11(17)5-6-14/h3-4,7,10H,5-6,8,14H2,1-2H3,(H,16,17)/t10-/m0/s1. The summed E-state index contributed by atoms with van der Waals surface area (Å²) in [5.74, 6) is -0.380. The smallest absolute Gasteiger partial charge is 0.329 e. The van der Waals surface area contributed by atoms with Crippen molar-refractivity contribution >= 4 is 23.6 Å². The number of rotatable bonds is 7. The van der Waals surface area contributed by atoms with E-state index >= 15 is 0 Å². The molecular formula is C13H19N3O3S. The molecule has 1 aromatic heterocycles. The number of carbonyl (C=O) groups excluding carboxylic acids is 2. The van der Waals surface area contributed by atoms with E-state index in [0.29, 0.717) is 5.75 Å². The van der Waals surface area contributed by atoms with Gasteiger partial charge >= 0.3 is 5.97 Å². The third-order valence-corrected chi connectivity index (χ3v) is 3.51. The summed E-state index contributed by atoms with van der Waals surface area (Å²) in [7, 11) is 1.29. The van der Waals surface area contributed by atoms with Crippen LogP contribution < -0.4 is 11.1 Å². The molecule has 1 aromatic rings. The van der Waals surface area contributed by atoms with E-state index in [1.54, 1.807) is 6.20 Å². The van der Waals surface area contributed by atoms with Crippen LogP contribution in [0.1, 0.15) is 12.0 Å². The first-order valence-corrected chi connectivity index (χ1v) is 7.18. The molecule has 1 heterocycles. The van der Waals surface area contributed by atoms with E-state index in [1.807, 2.05) is 19.1 Å². The number of aromatic nitrogens is 1. The van der Waals surface area contributed by atoms with E-state index in [-0.39, 0.29) is 18.9 Å². The van der Waals surface area contributed by atoms with Crippen LogP contribution in [0.2, 0.25) is 0 Å². The Morgan fingerprint density at radius 1 is 1.50 bits per heavy atom. The lowest BCUT2D eigenvalue weighted by Crippen LogP contribution is -2.43. The molecule has 1 atom stereocenters. The number of thioether (sulfide) groups is 1. The van der Waals surface area contributed by atoms with Crippen molar-refractivity contribution in [2.75, 3.05) is 19.4 Å². The molecular weight excluding hydrogens is 278 g/mol. The molecule has 3 N–H and O–H groups in total. The van der Waals surface area contributed by atoms with Gasteiger partial charge in [0.05, 0.1) is 12.1 Å². The fourth-order valence-electron chi connectivity index (χ4n) is 1.42. The highest BCUT2D eigenvalue weighted by molar-refractivity contribution is 7.99. The third kappa shape index (κ3) is 5.58. The minimum Gasteiger partial charge on any atom is -0.467 e. The van der Waals surface area contributed by atoms with Crippen LogP contribution in [0.3, 0.4) is 0 Å². The SMILES string of the molecule is COC(=O)[C@H](CSc1ccc(C)cn1)NC(=O)CCN. The quantitative estimate of drug-likeness (QED) is 0.562. The van der Waals surface area contributed by atoms with Crippen LogP contribution in [0.5, 0.6) is 0 Å². The van der Waals surface area contributed by atoms with E-state index in [9.17, 15) is 9.59 Å². The zero-order chi connectivity index (χ0) is 15.0. The Hall–Kier alpha value is -1.60. The fourth-order valence-corrected chi connectivity index (χ4v) is 2.27. The second kappa shape index (κ2) is 8.55. The summed E-state index contributed by atoms with van der Waals surface area (Å²) in [6, 6.07) is 3.11. The molecule has 0 aliphatic carbocycles. The first kappa shape index (κ1) is 16.5. The molecule has 7 heteroatoms. The van der Waals surface area contributed by atoms with Gasteiger partial charge in [0.25, 0.3) is 0 Å². The molecule has 0 aromatic carbocycles. The monoisotopic (exact) mass is 297 g/mol. The molecule has 0 radical (unpaired) electrons. The number of nitrogens with zero attached hydrogens (tertiary/aromatic N) is 1.